The smallest absolute Gasteiger partial charge is 0.269 e. The minimum atomic E-state index is -0.180. The van der Waals surface area contributed by atoms with Crippen molar-refractivity contribution in [3.63, 3.8) is 0 Å². The first-order valence-corrected chi connectivity index (χ1v) is 9.53. The van der Waals surface area contributed by atoms with Gasteiger partial charge >= 0.3 is 0 Å². The molecule has 1 N–H and O–H groups in total. The number of aromatic nitrogens is 5. The highest BCUT2D eigenvalue weighted by Gasteiger charge is 2.14. The molecule has 0 bridgehead atoms. The summed E-state index contributed by atoms with van der Waals surface area (Å²) in [6, 6.07) is 13.2. The van der Waals surface area contributed by atoms with E-state index in [9.17, 15) is 4.79 Å². The zero-order valence-electron chi connectivity index (χ0n) is 16.8. The summed E-state index contributed by atoms with van der Waals surface area (Å²) in [5.74, 6) is 0.565. The van der Waals surface area contributed by atoms with E-state index in [2.05, 4.69) is 20.5 Å². The van der Waals surface area contributed by atoms with E-state index < -0.39 is 0 Å². The summed E-state index contributed by atoms with van der Waals surface area (Å²) in [7, 11) is 3.38. The molecule has 0 saturated heterocycles. The molecule has 0 aliphatic rings. The van der Waals surface area contributed by atoms with Crippen LogP contribution in [0.15, 0.2) is 67.3 Å². The number of hydrogen-bond donors (Lipinski definition) is 1. The number of carbonyl (C=O) groups is 1. The standard InChI is InChI=1S/C22H22N6O2/c1-27-21(13-20(26-27)17-4-3-5-19(12-17)30-2)22(29)24-10-11-28-15-18(14-25-28)16-6-8-23-9-7-16/h3-9,12-15H,10-11H2,1-2H3,(H,24,29). The van der Waals surface area contributed by atoms with Crippen LogP contribution < -0.4 is 10.1 Å². The highest BCUT2D eigenvalue weighted by atomic mass is 16.5. The number of nitrogens with one attached hydrogen (secondary N) is 1. The second-order valence-corrected chi connectivity index (χ2v) is 6.75. The molecule has 0 aliphatic carbocycles. The number of hydrogen-bond acceptors (Lipinski definition) is 5. The van der Waals surface area contributed by atoms with Gasteiger partial charge in [-0.1, -0.05) is 12.1 Å². The number of pyridine rings is 1. The van der Waals surface area contributed by atoms with Crippen LogP contribution in [-0.2, 0) is 13.6 Å². The average Bonchev–Trinajstić information content (AvgIpc) is 3.41. The third kappa shape index (κ3) is 4.22. The molecule has 152 valence electrons. The zero-order valence-corrected chi connectivity index (χ0v) is 16.8. The Morgan fingerprint density at radius 2 is 1.93 bits per heavy atom. The van der Waals surface area contributed by atoms with Crippen LogP contribution in [0.3, 0.4) is 0 Å². The fraction of sp³-hybridized carbons (Fsp3) is 0.182. The van der Waals surface area contributed by atoms with Crippen molar-refractivity contribution in [2.24, 2.45) is 7.05 Å². The molecule has 1 aromatic carbocycles. The molecule has 0 atom stereocenters. The molecule has 3 heterocycles. The Labute approximate surface area is 174 Å². The van der Waals surface area contributed by atoms with Gasteiger partial charge in [-0.15, -0.1) is 0 Å². The molecular formula is C22H22N6O2. The monoisotopic (exact) mass is 402 g/mol. The lowest BCUT2D eigenvalue weighted by molar-refractivity contribution is 0.0942. The molecule has 4 aromatic rings. The predicted molar refractivity (Wildman–Crippen MR) is 113 cm³/mol. The van der Waals surface area contributed by atoms with E-state index >= 15 is 0 Å². The average molecular weight is 402 g/mol. The highest BCUT2D eigenvalue weighted by Crippen LogP contribution is 2.23. The Kier molecular flexibility index (Phi) is 5.56. The van der Waals surface area contributed by atoms with Gasteiger partial charge in [-0.05, 0) is 35.9 Å². The van der Waals surface area contributed by atoms with Crippen LogP contribution >= 0.6 is 0 Å². The van der Waals surface area contributed by atoms with Gasteiger partial charge in [-0.3, -0.25) is 19.1 Å². The van der Waals surface area contributed by atoms with Crippen LogP contribution in [0.5, 0.6) is 5.75 Å². The molecule has 0 radical (unpaired) electrons. The largest absolute Gasteiger partial charge is 0.497 e. The van der Waals surface area contributed by atoms with E-state index in [1.807, 2.05) is 42.6 Å². The first kappa shape index (κ1) is 19.4. The number of nitrogens with zero attached hydrogens (tertiary/aromatic N) is 5. The molecule has 8 nitrogen and oxygen atoms in total. The third-order valence-electron chi connectivity index (χ3n) is 4.75. The Hall–Kier alpha value is -3.94. The van der Waals surface area contributed by atoms with Crippen LogP contribution in [0, 0.1) is 0 Å². The van der Waals surface area contributed by atoms with Gasteiger partial charge in [0.1, 0.15) is 11.4 Å². The summed E-state index contributed by atoms with van der Waals surface area (Å²) in [6.07, 6.45) is 7.26. The molecule has 0 unspecified atom stereocenters. The zero-order chi connectivity index (χ0) is 20.9. The van der Waals surface area contributed by atoms with Gasteiger partial charge in [-0.25, -0.2) is 0 Å². The fourth-order valence-corrected chi connectivity index (χ4v) is 3.16. The number of ether oxygens (including phenoxy) is 1. The number of aryl methyl sites for hydroxylation is 1. The van der Waals surface area contributed by atoms with Crippen molar-refractivity contribution in [1.82, 2.24) is 29.9 Å². The Balaban J connectivity index is 1.38. The molecule has 1 amide bonds. The van der Waals surface area contributed by atoms with Crippen molar-refractivity contribution in [2.75, 3.05) is 13.7 Å². The molecule has 8 heteroatoms. The molecule has 0 spiro atoms. The number of carbonyl (C=O) groups excluding carboxylic acids is 1. The molecule has 30 heavy (non-hydrogen) atoms. The van der Waals surface area contributed by atoms with Gasteiger partial charge in [0.15, 0.2) is 0 Å². The maximum absolute atomic E-state index is 12.6. The summed E-state index contributed by atoms with van der Waals surface area (Å²) in [6.45, 7) is 1.02. The topological polar surface area (TPSA) is 86.9 Å². The van der Waals surface area contributed by atoms with Crippen molar-refractivity contribution >= 4 is 5.91 Å². The van der Waals surface area contributed by atoms with Crippen LogP contribution in [0.25, 0.3) is 22.4 Å². The van der Waals surface area contributed by atoms with E-state index in [0.717, 1.165) is 28.1 Å². The SMILES string of the molecule is COc1cccc(-c2cc(C(=O)NCCn3cc(-c4ccncc4)cn3)n(C)n2)c1. The molecule has 3 aromatic heterocycles. The summed E-state index contributed by atoms with van der Waals surface area (Å²) >= 11 is 0. The van der Waals surface area contributed by atoms with Crippen molar-refractivity contribution in [3.05, 3.63) is 72.9 Å². The second-order valence-electron chi connectivity index (χ2n) is 6.75. The van der Waals surface area contributed by atoms with Gasteiger partial charge in [0.2, 0.25) is 0 Å². The first-order valence-electron chi connectivity index (χ1n) is 9.53. The van der Waals surface area contributed by atoms with Crippen LogP contribution in [0.1, 0.15) is 10.5 Å². The van der Waals surface area contributed by atoms with E-state index in [1.165, 1.54) is 0 Å². The number of amides is 1. The molecule has 0 aliphatic heterocycles. The van der Waals surface area contributed by atoms with Crippen molar-refractivity contribution in [2.45, 2.75) is 6.54 Å². The molecular weight excluding hydrogens is 380 g/mol. The first-order chi connectivity index (χ1) is 14.6. The normalized spacial score (nSPS) is 10.7. The third-order valence-corrected chi connectivity index (χ3v) is 4.75. The predicted octanol–water partition coefficient (Wildman–Crippen LogP) is 2.78. The summed E-state index contributed by atoms with van der Waals surface area (Å²) in [4.78, 5) is 16.6. The lowest BCUT2D eigenvalue weighted by Crippen LogP contribution is -2.29. The maximum Gasteiger partial charge on any atom is 0.269 e. The summed E-state index contributed by atoms with van der Waals surface area (Å²) in [5.41, 5.74) is 4.17. The van der Waals surface area contributed by atoms with E-state index in [-0.39, 0.29) is 5.91 Å². The van der Waals surface area contributed by atoms with Crippen LogP contribution in [-0.4, -0.2) is 44.1 Å². The second kappa shape index (κ2) is 8.60. The molecule has 0 saturated carbocycles. The minimum absolute atomic E-state index is 0.180. The van der Waals surface area contributed by atoms with Crippen LogP contribution in [0.2, 0.25) is 0 Å². The van der Waals surface area contributed by atoms with Crippen molar-refractivity contribution in [1.29, 1.82) is 0 Å². The van der Waals surface area contributed by atoms with Gasteiger partial charge in [0.05, 0.1) is 25.5 Å². The molecule has 0 fully saturated rings. The van der Waals surface area contributed by atoms with Crippen LogP contribution in [0.4, 0.5) is 0 Å². The Morgan fingerprint density at radius 1 is 1.10 bits per heavy atom. The lowest BCUT2D eigenvalue weighted by Gasteiger charge is -2.05. The number of rotatable bonds is 7. The van der Waals surface area contributed by atoms with Crippen molar-refractivity contribution in [3.8, 4) is 28.1 Å². The maximum atomic E-state index is 12.6. The van der Waals surface area contributed by atoms with E-state index in [1.54, 1.807) is 48.2 Å². The Bertz CT molecular complexity index is 1150. The Morgan fingerprint density at radius 3 is 2.73 bits per heavy atom. The van der Waals surface area contributed by atoms with Gasteiger partial charge in [0.25, 0.3) is 5.91 Å². The lowest BCUT2D eigenvalue weighted by atomic mass is 10.1. The fourth-order valence-electron chi connectivity index (χ4n) is 3.16. The molecule has 4 rings (SSSR count). The quantitative estimate of drug-likeness (QED) is 0.514. The summed E-state index contributed by atoms with van der Waals surface area (Å²) in [5, 5.41) is 11.7. The van der Waals surface area contributed by atoms with Gasteiger partial charge < -0.3 is 10.1 Å². The van der Waals surface area contributed by atoms with E-state index in [0.29, 0.717) is 18.8 Å². The van der Waals surface area contributed by atoms with E-state index in [4.69, 9.17) is 4.74 Å². The number of benzene rings is 1. The minimum Gasteiger partial charge on any atom is -0.497 e. The van der Waals surface area contributed by atoms with Gasteiger partial charge in [0, 0.05) is 43.3 Å². The summed E-state index contributed by atoms with van der Waals surface area (Å²) < 4.78 is 8.65. The van der Waals surface area contributed by atoms with Crippen molar-refractivity contribution < 1.29 is 9.53 Å². The number of methoxy groups -OCH3 is 1. The van der Waals surface area contributed by atoms with Gasteiger partial charge in [-0.2, -0.15) is 10.2 Å². The highest BCUT2D eigenvalue weighted by molar-refractivity contribution is 5.93.